The summed E-state index contributed by atoms with van der Waals surface area (Å²) in [5.41, 5.74) is 0. The van der Waals surface area contributed by atoms with Crippen molar-refractivity contribution in [3.8, 4) is 0 Å². The van der Waals surface area contributed by atoms with Crippen LogP contribution in [0.25, 0.3) is 0 Å². The lowest BCUT2D eigenvalue weighted by Crippen LogP contribution is -2.42. The van der Waals surface area contributed by atoms with Crippen LogP contribution in [-0.4, -0.2) is 47.7 Å². The first-order valence-electron chi connectivity index (χ1n) is 7.75. The lowest BCUT2D eigenvalue weighted by atomic mass is 9.86. The third-order valence-electron chi connectivity index (χ3n) is 4.69. The van der Waals surface area contributed by atoms with Crippen molar-refractivity contribution in [1.82, 2.24) is 10.2 Å². The molecule has 4 nitrogen and oxygen atoms in total. The van der Waals surface area contributed by atoms with Gasteiger partial charge in [0.15, 0.2) is 0 Å². The molecule has 0 bridgehead atoms. The summed E-state index contributed by atoms with van der Waals surface area (Å²) in [4.78, 5) is 13.6. The second kappa shape index (κ2) is 6.71. The van der Waals surface area contributed by atoms with E-state index < -0.39 is 5.97 Å². The van der Waals surface area contributed by atoms with E-state index in [4.69, 9.17) is 0 Å². The highest BCUT2D eigenvalue weighted by atomic mass is 16.4. The molecule has 2 aliphatic rings. The Balaban J connectivity index is 1.71. The molecule has 0 radical (unpaired) electrons. The summed E-state index contributed by atoms with van der Waals surface area (Å²) in [6, 6.07) is 0.756. The molecule has 2 aliphatic carbocycles. The molecule has 2 fully saturated rings. The Labute approximate surface area is 116 Å². The molecule has 2 saturated carbocycles. The Bertz CT molecular complexity index is 297. The fourth-order valence-corrected chi connectivity index (χ4v) is 3.01. The second-order valence-corrected chi connectivity index (χ2v) is 6.51. The number of carbonyl (C=O) groups is 1. The van der Waals surface area contributed by atoms with E-state index in [0.717, 1.165) is 25.3 Å². The van der Waals surface area contributed by atoms with Gasteiger partial charge in [0.1, 0.15) is 6.04 Å². The molecule has 0 spiro atoms. The highest BCUT2D eigenvalue weighted by Crippen LogP contribution is 2.26. The van der Waals surface area contributed by atoms with Gasteiger partial charge in [0.25, 0.3) is 0 Å². The average molecular weight is 268 g/mol. The standard InChI is InChI=1S/C15H28N2O2/c1-11-3-7-13(8-4-11)17(2)10-9-14(15(18)19)16-12-5-6-12/h11-14,16H,3-10H2,1-2H3,(H,18,19). The Hall–Kier alpha value is -0.610. The van der Waals surface area contributed by atoms with Gasteiger partial charge in [-0.3, -0.25) is 4.79 Å². The van der Waals surface area contributed by atoms with Crippen LogP contribution >= 0.6 is 0 Å². The van der Waals surface area contributed by atoms with E-state index in [2.05, 4.69) is 24.2 Å². The zero-order valence-electron chi connectivity index (χ0n) is 12.3. The Kier molecular flexibility index (Phi) is 5.22. The number of hydrogen-bond donors (Lipinski definition) is 2. The van der Waals surface area contributed by atoms with Gasteiger partial charge in [-0.25, -0.2) is 0 Å². The van der Waals surface area contributed by atoms with E-state index in [1.165, 1.54) is 25.7 Å². The molecule has 2 rings (SSSR count). The zero-order chi connectivity index (χ0) is 13.8. The second-order valence-electron chi connectivity index (χ2n) is 6.51. The summed E-state index contributed by atoms with van der Waals surface area (Å²) in [6.07, 6.45) is 8.17. The van der Waals surface area contributed by atoms with E-state index in [-0.39, 0.29) is 6.04 Å². The molecular formula is C15H28N2O2. The molecule has 4 heteroatoms. The van der Waals surface area contributed by atoms with Crippen LogP contribution in [0.15, 0.2) is 0 Å². The molecule has 0 aromatic heterocycles. The predicted molar refractivity (Wildman–Crippen MR) is 76.2 cm³/mol. The summed E-state index contributed by atoms with van der Waals surface area (Å²) in [5.74, 6) is 0.172. The maximum atomic E-state index is 11.2. The fourth-order valence-electron chi connectivity index (χ4n) is 3.01. The maximum absolute atomic E-state index is 11.2. The summed E-state index contributed by atoms with van der Waals surface area (Å²) in [6.45, 7) is 3.21. The zero-order valence-corrected chi connectivity index (χ0v) is 12.3. The number of aliphatic carboxylic acids is 1. The minimum atomic E-state index is -0.697. The van der Waals surface area contributed by atoms with Gasteiger partial charge in [-0.15, -0.1) is 0 Å². The minimum Gasteiger partial charge on any atom is -0.480 e. The molecule has 0 aromatic carbocycles. The number of nitrogens with zero attached hydrogens (tertiary/aromatic N) is 1. The molecule has 0 amide bonds. The van der Waals surface area contributed by atoms with Crippen molar-refractivity contribution < 1.29 is 9.90 Å². The SMILES string of the molecule is CC1CCC(N(C)CCC(NC2CC2)C(=O)O)CC1. The fraction of sp³-hybridized carbons (Fsp3) is 0.933. The summed E-state index contributed by atoms with van der Waals surface area (Å²) >= 11 is 0. The quantitative estimate of drug-likeness (QED) is 0.742. The lowest BCUT2D eigenvalue weighted by molar-refractivity contribution is -0.139. The monoisotopic (exact) mass is 268 g/mol. The Morgan fingerprint density at radius 1 is 1.26 bits per heavy atom. The first-order chi connectivity index (χ1) is 9.06. The normalized spacial score (nSPS) is 29.4. The molecule has 19 heavy (non-hydrogen) atoms. The van der Waals surface area contributed by atoms with E-state index in [1.54, 1.807) is 0 Å². The van der Waals surface area contributed by atoms with Crippen LogP contribution in [0, 0.1) is 5.92 Å². The molecule has 1 unspecified atom stereocenters. The third-order valence-corrected chi connectivity index (χ3v) is 4.69. The van der Waals surface area contributed by atoms with Crippen molar-refractivity contribution in [1.29, 1.82) is 0 Å². The molecule has 0 saturated heterocycles. The van der Waals surface area contributed by atoms with Crippen molar-refractivity contribution >= 4 is 5.97 Å². The van der Waals surface area contributed by atoms with Crippen molar-refractivity contribution in [3.05, 3.63) is 0 Å². The van der Waals surface area contributed by atoms with Gasteiger partial charge in [-0.1, -0.05) is 6.92 Å². The van der Waals surface area contributed by atoms with Gasteiger partial charge >= 0.3 is 5.97 Å². The van der Waals surface area contributed by atoms with Crippen LogP contribution in [0.2, 0.25) is 0 Å². The predicted octanol–water partition coefficient (Wildman–Crippen LogP) is 2.09. The van der Waals surface area contributed by atoms with E-state index >= 15 is 0 Å². The van der Waals surface area contributed by atoms with Gasteiger partial charge in [0.05, 0.1) is 0 Å². The topological polar surface area (TPSA) is 52.6 Å². The van der Waals surface area contributed by atoms with Crippen LogP contribution < -0.4 is 5.32 Å². The van der Waals surface area contributed by atoms with Crippen molar-refractivity contribution in [3.63, 3.8) is 0 Å². The summed E-state index contributed by atoms with van der Waals surface area (Å²) < 4.78 is 0. The smallest absolute Gasteiger partial charge is 0.320 e. The molecule has 110 valence electrons. The van der Waals surface area contributed by atoms with Gasteiger partial charge in [-0.2, -0.15) is 0 Å². The van der Waals surface area contributed by atoms with Crippen LogP contribution in [0.3, 0.4) is 0 Å². The van der Waals surface area contributed by atoms with Crippen molar-refractivity contribution in [2.45, 2.75) is 70.0 Å². The van der Waals surface area contributed by atoms with Crippen molar-refractivity contribution in [2.75, 3.05) is 13.6 Å². The van der Waals surface area contributed by atoms with Crippen LogP contribution in [0.1, 0.15) is 51.9 Å². The molecule has 0 aliphatic heterocycles. The van der Waals surface area contributed by atoms with Gasteiger partial charge in [0, 0.05) is 18.6 Å². The largest absolute Gasteiger partial charge is 0.480 e. The molecule has 2 N–H and O–H groups in total. The first-order valence-corrected chi connectivity index (χ1v) is 7.75. The van der Waals surface area contributed by atoms with Crippen LogP contribution in [0.5, 0.6) is 0 Å². The van der Waals surface area contributed by atoms with Gasteiger partial charge < -0.3 is 15.3 Å². The van der Waals surface area contributed by atoms with Crippen LogP contribution in [0.4, 0.5) is 0 Å². The number of hydrogen-bond acceptors (Lipinski definition) is 3. The van der Waals surface area contributed by atoms with E-state index in [0.29, 0.717) is 18.5 Å². The number of nitrogens with one attached hydrogen (secondary N) is 1. The Morgan fingerprint density at radius 2 is 1.89 bits per heavy atom. The summed E-state index contributed by atoms with van der Waals surface area (Å²) in [5, 5.41) is 12.5. The maximum Gasteiger partial charge on any atom is 0.320 e. The number of rotatable bonds is 7. The highest BCUT2D eigenvalue weighted by Gasteiger charge is 2.29. The lowest BCUT2D eigenvalue weighted by Gasteiger charge is -2.34. The van der Waals surface area contributed by atoms with Crippen LogP contribution in [-0.2, 0) is 4.79 Å². The molecule has 0 aromatic rings. The minimum absolute atomic E-state index is 0.363. The summed E-state index contributed by atoms with van der Waals surface area (Å²) in [7, 11) is 2.15. The van der Waals surface area contributed by atoms with E-state index in [9.17, 15) is 9.90 Å². The number of carboxylic acid groups (broad SMARTS) is 1. The van der Waals surface area contributed by atoms with E-state index in [1.807, 2.05) is 0 Å². The third kappa shape index (κ3) is 4.77. The Morgan fingerprint density at radius 3 is 2.42 bits per heavy atom. The number of carboxylic acids is 1. The van der Waals surface area contributed by atoms with Gasteiger partial charge in [-0.05, 0) is 57.9 Å². The van der Waals surface area contributed by atoms with Gasteiger partial charge in [0.2, 0.25) is 0 Å². The highest BCUT2D eigenvalue weighted by molar-refractivity contribution is 5.73. The molecule has 1 atom stereocenters. The first kappa shape index (κ1) is 14.8. The van der Waals surface area contributed by atoms with Crippen molar-refractivity contribution in [2.24, 2.45) is 5.92 Å². The average Bonchev–Trinajstić information content (AvgIpc) is 3.18. The molecule has 0 heterocycles. The molecular weight excluding hydrogens is 240 g/mol.